The number of para-hydroxylation sites is 1. The van der Waals surface area contributed by atoms with Crippen molar-refractivity contribution < 1.29 is 4.74 Å². The van der Waals surface area contributed by atoms with Crippen molar-refractivity contribution in [2.75, 3.05) is 5.32 Å². The topological polar surface area (TPSA) is 59.9 Å². The lowest BCUT2D eigenvalue weighted by molar-refractivity contribution is 0.465. The van der Waals surface area contributed by atoms with Crippen molar-refractivity contribution >= 4 is 44.0 Å². The number of halogens is 1. The molecule has 0 unspecified atom stereocenters. The minimum Gasteiger partial charge on any atom is -0.438 e. The first-order valence-corrected chi connectivity index (χ1v) is 10.4. The summed E-state index contributed by atoms with van der Waals surface area (Å²) in [6.45, 7) is 0. The molecule has 2 aromatic carbocycles. The van der Waals surface area contributed by atoms with E-state index in [-0.39, 0.29) is 0 Å². The summed E-state index contributed by atoms with van der Waals surface area (Å²) >= 11 is 7.52. The van der Waals surface area contributed by atoms with Gasteiger partial charge in [-0.15, -0.1) is 0 Å². The van der Waals surface area contributed by atoms with E-state index in [9.17, 15) is 0 Å². The minimum absolute atomic E-state index is 0.446. The molecule has 0 amide bonds. The molecule has 0 aliphatic heterocycles. The average Bonchev–Trinajstić information content (AvgIpc) is 3.18. The van der Waals surface area contributed by atoms with Crippen molar-refractivity contribution in [2.24, 2.45) is 0 Å². The molecule has 5 nitrogen and oxygen atoms in total. The van der Waals surface area contributed by atoms with Crippen LogP contribution in [0.3, 0.4) is 0 Å². The summed E-state index contributed by atoms with van der Waals surface area (Å²) < 4.78 is 7.19. The predicted octanol–water partition coefficient (Wildman–Crippen LogP) is 6.94. The number of nitrogens with zero attached hydrogens (tertiary/aromatic N) is 3. The standard InChI is InChI=1S/C23H15ClN4OS/c24-21-12-7-15(14-26-21)18-4-3-13-25-22(18)29-17-10-8-16(9-11-17)27-23-28-19-5-1-2-6-20(19)30-23/h1-14H,(H,27,28). The van der Waals surface area contributed by atoms with Gasteiger partial charge in [-0.25, -0.2) is 15.0 Å². The van der Waals surface area contributed by atoms with Crippen LogP contribution in [0.4, 0.5) is 10.8 Å². The summed E-state index contributed by atoms with van der Waals surface area (Å²) in [4.78, 5) is 13.1. The van der Waals surface area contributed by atoms with E-state index in [0.717, 1.165) is 32.2 Å². The quantitative estimate of drug-likeness (QED) is 0.306. The maximum absolute atomic E-state index is 6.03. The predicted molar refractivity (Wildman–Crippen MR) is 122 cm³/mol. The molecule has 3 heterocycles. The molecule has 30 heavy (non-hydrogen) atoms. The fourth-order valence-electron chi connectivity index (χ4n) is 2.99. The van der Waals surface area contributed by atoms with E-state index < -0.39 is 0 Å². The van der Waals surface area contributed by atoms with Gasteiger partial charge < -0.3 is 10.1 Å². The third-order valence-corrected chi connectivity index (χ3v) is 5.60. The Morgan fingerprint density at radius 2 is 1.73 bits per heavy atom. The lowest BCUT2D eigenvalue weighted by Crippen LogP contribution is -1.93. The molecule has 5 aromatic rings. The first-order valence-electron chi connectivity index (χ1n) is 9.22. The van der Waals surface area contributed by atoms with Crippen LogP contribution in [-0.2, 0) is 0 Å². The van der Waals surface area contributed by atoms with E-state index in [0.29, 0.717) is 16.8 Å². The highest BCUT2D eigenvalue weighted by Crippen LogP contribution is 2.33. The smallest absolute Gasteiger partial charge is 0.227 e. The van der Waals surface area contributed by atoms with E-state index in [4.69, 9.17) is 16.3 Å². The third-order valence-electron chi connectivity index (χ3n) is 4.42. The van der Waals surface area contributed by atoms with Gasteiger partial charge in [0.1, 0.15) is 10.9 Å². The number of hydrogen-bond acceptors (Lipinski definition) is 6. The van der Waals surface area contributed by atoms with Crippen LogP contribution in [-0.4, -0.2) is 15.0 Å². The fraction of sp³-hybridized carbons (Fsp3) is 0. The summed E-state index contributed by atoms with van der Waals surface area (Å²) in [6.07, 6.45) is 3.41. The van der Waals surface area contributed by atoms with Crippen molar-refractivity contribution in [1.82, 2.24) is 15.0 Å². The summed E-state index contributed by atoms with van der Waals surface area (Å²) in [5.41, 5.74) is 3.66. The molecule has 0 fully saturated rings. The number of thiazole rings is 1. The number of rotatable bonds is 5. The van der Waals surface area contributed by atoms with Crippen LogP contribution < -0.4 is 10.1 Å². The lowest BCUT2D eigenvalue weighted by Gasteiger charge is -2.10. The van der Waals surface area contributed by atoms with Gasteiger partial charge in [0, 0.05) is 29.2 Å². The van der Waals surface area contributed by atoms with Crippen LogP contribution in [0.1, 0.15) is 0 Å². The van der Waals surface area contributed by atoms with Crippen LogP contribution in [0.25, 0.3) is 21.3 Å². The molecule has 7 heteroatoms. The van der Waals surface area contributed by atoms with Gasteiger partial charge in [-0.1, -0.05) is 35.1 Å². The number of fused-ring (bicyclic) bond motifs is 1. The lowest BCUT2D eigenvalue weighted by atomic mass is 10.1. The molecule has 0 bridgehead atoms. The van der Waals surface area contributed by atoms with Crippen LogP contribution in [0.2, 0.25) is 5.15 Å². The first-order chi connectivity index (χ1) is 14.7. The van der Waals surface area contributed by atoms with Crippen LogP contribution in [0.5, 0.6) is 11.6 Å². The zero-order chi connectivity index (χ0) is 20.3. The molecule has 0 aliphatic carbocycles. The molecular weight excluding hydrogens is 416 g/mol. The van der Waals surface area contributed by atoms with Gasteiger partial charge in [-0.3, -0.25) is 0 Å². The fourth-order valence-corrected chi connectivity index (χ4v) is 3.99. The first kappa shape index (κ1) is 18.5. The Morgan fingerprint density at radius 1 is 0.867 bits per heavy atom. The van der Waals surface area contributed by atoms with Crippen molar-refractivity contribution in [2.45, 2.75) is 0 Å². The monoisotopic (exact) mass is 430 g/mol. The SMILES string of the molecule is Clc1ccc(-c2cccnc2Oc2ccc(Nc3nc4ccccc4s3)cc2)cn1. The van der Waals surface area contributed by atoms with Gasteiger partial charge in [-0.2, -0.15) is 0 Å². The number of hydrogen-bond donors (Lipinski definition) is 1. The highest BCUT2D eigenvalue weighted by molar-refractivity contribution is 7.22. The maximum atomic E-state index is 6.03. The second-order valence-corrected chi connectivity index (χ2v) is 7.88. The molecule has 0 spiro atoms. The average molecular weight is 431 g/mol. The summed E-state index contributed by atoms with van der Waals surface area (Å²) in [5.74, 6) is 1.19. The Bertz CT molecular complexity index is 1270. The Labute approximate surface area is 182 Å². The molecule has 0 aliphatic rings. The van der Waals surface area contributed by atoms with E-state index in [1.807, 2.05) is 60.7 Å². The van der Waals surface area contributed by atoms with E-state index in [2.05, 4.69) is 26.3 Å². The number of nitrogens with one attached hydrogen (secondary N) is 1. The van der Waals surface area contributed by atoms with Crippen LogP contribution in [0.15, 0.2) is 85.2 Å². The highest BCUT2D eigenvalue weighted by atomic mass is 35.5. The van der Waals surface area contributed by atoms with Gasteiger partial charge in [0.15, 0.2) is 5.13 Å². The second kappa shape index (κ2) is 8.10. The number of anilines is 2. The molecule has 5 rings (SSSR count). The summed E-state index contributed by atoms with van der Waals surface area (Å²) in [5, 5.41) is 4.64. The summed E-state index contributed by atoms with van der Waals surface area (Å²) in [6, 6.07) is 23.2. The molecule has 0 radical (unpaired) electrons. The van der Waals surface area contributed by atoms with E-state index in [1.165, 1.54) is 0 Å². The number of ether oxygens (including phenoxy) is 1. The van der Waals surface area contributed by atoms with Crippen LogP contribution in [0, 0.1) is 0 Å². The van der Waals surface area contributed by atoms with Gasteiger partial charge >= 0.3 is 0 Å². The Morgan fingerprint density at radius 3 is 2.53 bits per heavy atom. The van der Waals surface area contributed by atoms with Crippen molar-refractivity contribution in [3.05, 3.63) is 90.3 Å². The van der Waals surface area contributed by atoms with Gasteiger partial charge in [0.05, 0.1) is 10.2 Å². The van der Waals surface area contributed by atoms with Crippen molar-refractivity contribution in [3.8, 4) is 22.8 Å². The minimum atomic E-state index is 0.446. The van der Waals surface area contributed by atoms with Gasteiger partial charge in [0.25, 0.3) is 0 Å². The van der Waals surface area contributed by atoms with Gasteiger partial charge in [-0.05, 0) is 60.7 Å². The molecule has 1 N–H and O–H groups in total. The second-order valence-electron chi connectivity index (χ2n) is 6.46. The Kier molecular flexibility index (Phi) is 5.01. The number of benzene rings is 2. The molecule has 0 saturated carbocycles. The van der Waals surface area contributed by atoms with Crippen molar-refractivity contribution in [1.29, 1.82) is 0 Å². The largest absolute Gasteiger partial charge is 0.438 e. The molecular formula is C23H15ClN4OS. The Balaban J connectivity index is 1.35. The van der Waals surface area contributed by atoms with E-state index >= 15 is 0 Å². The molecule has 0 atom stereocenters. The number of pyridine rings is 2. The Hall–Kier alpha value is -3.48. The normalized spacial score (nSPS) is 10.8. The maximum Gasteiger partial charge on any atom is 0.227 e. The molecule has 3 aromatic heterocycles. The third kappa shape index (κ3) is 3.96. The van der Waals surface area contributed by atoms with Gasteiger partial charge in [0.2, 0.25) is 5.88 Å². The zero-order valence-corrected chi connectivity index (χ0v) is 17.2. The summed E-state index contributed by atoms with van der Waals surface area (Å²) in [7, 11) is 0. The molecule has 0 saturated heterocycles. The zero-order valence-electron chi connectivity index (χ0n) is 15.6. The number of aromatic nitrogens is 3. The highest BCUT2D eigenvalue weighted by Gasteiger charge is 2.10. The molecule has 146 valence electrons. The van der Waals surface area contributed by atoms with Crippen molar-refractivity contribution in [3.63, 3.8) is 0 Å². The van der Waals surface area contributed by atoms with Crippen LogP contribution >= 0.6 is 22.9 Å². The van der Waals surface area contributed by atoms with E-state index in [1.54, 1.807) is 29.8 Å².